The molecule has 7 heteroatoms. The Kier molecular flexibility index (Phi) is 5.76. The lowest BCUT2D eigenvalue weighted by atomic mass is 10.0. The molecule has 3 heterocycles. The molecule has 7 nitrogen and oxygen atoms in total. The number of imidazole rings is 1. The third kappa shape index (κ3) is 3.82. The molecule has 1 fully saturated rings. The first kappa shape index (κ1) is 19.4. The zero-order chi connectivity index (χ0) is 20.2. The molecule has 1 amide bonds. The molecule has 0 saturated carbocycles. The lowest BCUT2D eigenvalue weighted by Gasteiger charge is -2.36. The summed E-state index contributed by atoms with van der Waals surface area (Å²) in [4.78, 5) is 32.1. The number of para-hydroxylation sites is 2. The molecule has 1 saturated heterocycles. The Balaban J connectivity index is 1.55. The van der Waals surface area contributed by atoms with Crippen molar-refractivity contribution in [2.75, 3.05) is 19.6 Å². The molecule has 1 atom stereocenters. The molecule has 0 aliphatic carbocycles. The van der Waals surface area contributed by atoms with E-state index in [2.05, 4.69) is 17.2 Å². The van der Waals surface area contributed by atoms with E-state index >= 15 is 0 Å². The summed E-state index contributed by atoms with van der Waals surface area (Å²) in [6.07, 6.45) is 4.75. The van der Waals surface area contributed by atoms with E-state index in [-0.39, 0.29) is 17.6 Å². The highest BCUT2D eigenvalue weighted by atomic mass is 16.2. The number of amides is 1. The van der Waals surface area contributed by atoms with Crippen LogP contribution in [0, 0.1) is 0 Å². The molecule has 29 heavy (non-hydrogen) atoms. The van der Waals surface area contributed by atoms with Crippen LogP contribution in [0.4, 0.5) is 0 Å². The van der Waals surface area contributed by atoms with Crippen molar-refractivity contribution in [2.24, 2.45) is 0 Å². The van der Waals surface area contributed by atoms with Crippen LogP contribution in [-0.4, -0.2) is 44.6 Å². The maximum Gasteiger partial charge on any atom is 0.329 e. The molecule has 3 aromatic rings. The molecule has 1 aliphatic rings. The molecule has 0 bridgehead atoms. The molecule has 0 radical (unpaired) electrons. The maximum atomic E-state index is 13.1. The Morgan fingerprint density at radius 3 is 2.59 bits per heavy atom. The minimum absolute atomic E-state index is 0.0249. The minimum atomic E-state index is -0.0371. The van der Waals surface area contributed by atoms with E-state index in [4.69, 9.17) is 0 Å². The van der Waals surface area contributed by atoms with Crippen molar-refractivity contribution < 1.29 is 4.79 Å². The highest BCUT2D eigenvalue weighted by Crippen LogP contribution is 2.22. The number of carbonyl (C=O) groups excluding carboxylic acids is 1. The van der Waals surface area contributed by atoms with E-state index in [1.54, 1.807) is 10.8 Å². The molecule has 0 spiro atoms. The van der Waals surface area contributed by atoms with Gasteiger partial charge in [0.1, 0.15) is 0 Å². The molecular weight excluding hydrogens is 366 g/mol. The summed E-state index contributed by atoms with van der Waals surface area (Å²) in [6, 6.07) is 11.7. The fourth-order valence-corrected chi connectivity index (χ4v) is 4.15. The Bertz CT molecular complexity index is 1040. The first-order chi connectivity index (χ1) is 14.2. The largest absolute Gasteiger partial charge is 0.333 e. The summed E-state index contributed by atoms with van der Waals surface area (Å²) < 4.78 is 3.55. The van der Waals surface area contributed by atoms with Crippen LogP contribution in [0.1, 0.15) is 31.4 Å². The molecule has 2 aromatic heterocycles. The number of nitrogens with zero attached hydrogens (tertiary/aromatic N) is 4. The Hall–Kier alpha value is -2.93. The van der Waals surface area contributed by atoms with Gasteiger partial charge in [-0.15, -0.1) is 0 Å². The third-order valence-corrected chi connectivity index (χ3v) is 5.55. The standard InChI is InChI=1S/C22H27N5O2/c1-2-12-26-18-7-3-4-8-19(18)27(22(26)29)13-9-21(28)25-14-11-24-16-20(25)17-6-5-10-23-15-17/h3-8,10,15,20,24H,2,9,11-14,16H2,1H3. The topological polar surface area (TPSA) is 72.2 Å². The zero-order valence-corrected chi connectivity index (χ0v) is 16.8. The van der Waals surface area contributed by atoms with Crippen LogP contribution in [0.15, 0.2) is 53.6 Å². The van der Waals surface area contributed by atoms with Gasteiger partial charge in [0.05, 0.1) is 17.1 Å². The predicted octanol–water partition coefficient (Wildman–Crippen LogP) is 2.17. The molecule has 4 rings (SSSR count). The molecule has 1 aromatic carbocycles. The normalized spacial score (nSPS) is 17.0. The number of hydrogen-bond acceptors (Lipinski definition) is 4. The average Bonchev–Trinajstić information content (AvgIpc) is 3.04. The molecule has 1 unspecified atom stereocenters. The summed E-state index contributed by atoms with van der Waals surface area (Å²) in [5, 5.41) is 3.36. The molecule has 1 N–H and O–H groups in total. The van der Waals surface area contributed by atoms with Crippen LogP contribution in [0.3, 0.4) is 0 Å². The van der Waals surface area contributed by atoms with E-state index in [1.807, 2.05) is 52.1 Å². The number of pyridine rings is 1. The Morgan fingerprint density at radius 1 is 1.14 bits per heavy atom. The van der Waals surface area contributed by atoms with Gasteiger partial charge in [0.2, 0.25) is 5.91 Å². The van der Waals surface area contributed by atoms with Crippen molar-refractivity contribution in [3.8, 4) is 0 Å². The van der Waals surface area contributed by atoms with E-state index < -0.39 is 0 Å². The van der Waals surface area contributed by atoms with E-state index in [0.29, 0.717) is 32.6 Å². The minimum Gasteiger partial charge on any atom is -0.333 e. The zero-order valence-electron chi connectivity index (χ0n) is 16.8. The Labute approximate surface area is 170 Å². The van der Waals surface area contributed by atoms with Crippen LogP contribution in [0.2, 0.25) is 0 Å². The first-order valence-corrected chi connectivity index (χ1v) is 10.3. The third-order valence-electron chi connectivity index (χ3n) is 5.55. The summed E-state index contributed by atoms with van der Waals surface area (Å²) in [7, 11) is 0. The van der Waals surface area contributed by atoms with Crippen molar-refractivity contribution in [3.63, 3.8) is 0 Å². The fourth-order valence-electron chi connectivity index (χ4n) is 4.15. The predicted molar refractivity (Wildman–Crippen MR) is 113 cm³/mol. The number of fused-ring (bicyclic) bond motifs is 1. The summed E-state index contributed by atoms with van der Waals surface area (Å²) >= 11 is 0. The average molecular weight is 393 g/mol. The fraction of sp³-hybridized carbons (Fsp3) is 0.409. The number of piperazine rings is 1. The maximum absolute atomic E-state index is 13.1. The lowest BCUT2D eigenvalue weighted by Crippen LogP contribution is -2.49. The van der Waals surface area contributed by atoms with Gasteiger partial charge in [0, 0.05) is 51.5 Å². The van der Waals surface area contributed by atoms with Crippen molar-refractivity contribution in [2.45, 2.75) is 38.9 Å². The number of hydrogen-bond donors (Lipinski definition) is 1. The van der Waals surface area contributed by atoms with Crippen LogP contribution >= 0.6 is 0 Å². The van der Waals surface area contributed by atoms with Crippen molar-refractivity contribution >= 4 is 16.9 Å². The van der Waals surface area contributed by atoms with Crippen LogP contribution < -0.4 is 11.0 Å². The number of nitrogens with one attached hydrogen (secondary N) is 1. The number of aryl methyl sites for hydroxylation is 2. The molecule has 152 valence electrons. The van der Waals surface area contributed by atoms with Gasteiger partial charge >= 0.3 is 5.69 Å². The SMILES string of the molecule is CCCn1c(=O)n(CCC(=O)N2CCNCC2c2cccnc2)c2ccccc21. The molecule has 1 aliphatic heterocycles. The summed E-state index contributed by atoms with van der Waals surface area (Å²) in [5.74, 6) is 0.0691. The second kappa shape index (κ2) is 8.61. The van der Waals surface area contributed by atoms with Gasteiger partial charge in [-0.1, -0.05) is 25.1 Å². The smallest absolute Gasteiger partial charge is 0.329 e. The lowest BCUT2D eigenvalue weighted by molar-refractivity contribution is -0.134. The molecular formula is C22H27N5O2. The Morgan fingerprint density at radius 2 is 1.90 bits per heavy atom. The first-order valence-electron chi connectivity index (χ1n) is 10.3. The van der Waals surface area contributed by atoms with Gasteiger partial charge in [0.25, 0.3) is 0 Å². The van der Waals surface area contributed by atoms with Crippen molar-refractivity contribution in [1.82, 2.24) is 24.3 Å². The van der Waals surface area contributed by atoms with Crippen LogP contribution in [-0.2, 0) is 17.9 Å². The number of benzene rings is 1. The van der Waals surface area contributed by atoms with E-state index in [0.717, 1.165) is 29.6 Å². The highest BCUT2D eigenvalue weighted by Gasteiger charge is 2.28. The van der Waals surface area contributed by atoms with Gasteiger partial charge in [-0.25, -0.2) is 4.79 Å². The number of carbonyl (C=O) groups is 1. The number of aromatic nitrogens is 3. The van der Waals surface area contributed by atoms with E-state index in [9.17, 15) is 9.59 Å². The summed E-state index contributed by atoms with van der Waals surface area (Å²) in [6.45, 7) is 5.28. The quantitative estimate of drug-likeness (QED) is 0.697. The van der Waals surface area contributed by atoms with Gasteiger partial charge < -0.3 is 10.2 Å². The second-order valence-electron chi connectivity index (χ2n) is 7.42. The van der Waals surface area contributed by atoms with Crippen molar-refractivity contribution in [3.05, 3.63) is 64.8 Å². The van der Waals surface area contributed by atoms with Gasteiger partial charge in [0.15, 0.2) is 0 Å². The van der Waals surface area contributed by atoms with E-state index in [1.165, 1.54) is 0 Å². The van der Waals surface area contributed by atoms with Gasteiger partial charge in [-0.2, -0.15) is 0 Å². The van der Waals surface area contributed by atoms with Crippen LogP contribution in [0.25, 0.3) is 11.0 Å². The van der Waals surface area contributed by atoms with Crippen molar-refractivity contribution in [1.29, 1.82) is 0 Å². The monoisotopic (exact) mass is 393 g/mol. The number of rotatable bonds is 6. The second-order valence-corrected chi connectivity index (χ2v) is 7.42. The summed E-state index contributed by atoms with van der Waals surface area (Å²) in [5.41, 5.74) is 2.82. The van der Waals surface area contributed by atoms with Gasteiger partial charge in [-0.05, 0) is 30.2 Å². The van der Waals surface area contributed by atoms with Gasteiger partial charge in [-0.3, -0.25) is 18.9 Å². The van der Waals surface area contributed by atoms with Crippen LogP contribution in [0.5, 0.6) is 0 Å². The highest BCUT2D eigenvalue weighted by molar-refractivity contribution is 5.78.